The monoisotopic (exact) mass is 312 g/mol. The van der Waals surface area contributed by atoms with Crippen LogP contribution in [0.1, 0.15) is 0 Å². The first-order valence-corrected chi connectivity index (χ1v) is 7.91. The van der Waals surface area contributed by atoms with Crippen molar-refractivity contribution in [3.63, 3.8) is 0 Å². The fourth-order valence-electron chi connectivity index (χ4n) is 1.51. The molecule has 0 spiro atoms. The van der Waals surface area contributed by atoms with Crippen LogP contribution < -0.4 is 10.0 Å². The maximum Gasteiger partial charge on any atom is 0.135 e. The van der Waals surface area contributed by atoms with Crippen molar-refractivity contribution in [1.29, 1.82) is 0 Å². The number of hydrogen-bond donors (Lipinski definition) is 2. The SMILES string of the molecule is CNSc1ccc(SC)c(Nc2cc(Cl)ncn2)c1. The van der Waals surface area contributed by atoms with Crippen molar-refractivity contribution in [1.82, 2.24) is 14.7 Å². The van der Waals surface area contributed by atoms with E-state index in [0.29, 0.717) is 11.0 Å². The molecule has 4 nitrogen and oxygen atoms in total. The second kappa shape index (κ2) is 7.00. The second-order valence-corrected chi connectivity index (χ2v) is 5.84. The van der Waals surface area contributed by atoms with Crippen molar-refractivity contribution in [2.45, 2.75) is 9.79 Å². The molecule has 0 aliphatic carbocycles. The van der Waals surface area contributed by atoms with Gasteiger partial charge < -0.3 is 5.32 Å². The van der Waals surface area contributed by atoms with Crippen LogP contribution in [0.4, 0.5) is 11.5 Å². The highest BCUT2D eigenvalue weighted by atomic mass is 35.5. The van der Waals surface area contributed by atoms with E-state index >= 15 is 0 Å². The highest BCUT2D eigenvalue weighted by Crippen LogP contribution is 2.31. The minimum Gasteiger partial charge on any atom is -0.339 e. The van der Waals surface area contributed by atoms with Crippen LogP contribution in [-0.2, 0) is 0 Å². The zero-order chi connectivity index (χ0) is 13.7. The maximum absolute atomic E-state index is 5.86. The lowest BCUT2D eigenvalue weighted by Crippen LogP contribution is -1.97. The zero-order valence-corrected chi connectivity index (χ0v) is 12.9. The molecule has 100 valence electrons. The van der Waals surface area contributed by atoms with E-state index in [9.17, 15) is 0 Å². The van der Waals surface area contributed by atoms with Gasteiger partial charge in [0.15, 0.2) is 0 Å². The summed E-state index contributed by atoms with van der Waals surface area (Å²) in [5.41, 5.74) is 1.00. The average Bonchev–Trinajstić information content (AvgIpc) is 2.39. The summed E-state index contributed by atoms with van der Waals surface area (Å²) < 4.78 is 3.06. The summed E-state index contributed by atoms with van der Waals surface area (Å²) in [7, 11) is 1.89. The van der Waals surface area contributed by atoms with Crippen molar-refractivity contribution < 1.29 is 0 Å². The fourth-order valence-corrected chi connectivity index (χ4v) is 2.74. The van der Waals surface area contributed by atoms with Gasteiger partial charge in [0.1, 0.15) is 17.3 Å². The van der Waals surface area contributed by atoms with Gasteiger partial charge in [0, 0.05) is 15.9 Å². The fraction of sp³-hybridized carbons (Fsp3) is 0.167. The van der Waals surface area contributed by atoms with Crippen LogP contribution in [0.15, 0.2) is 40.4 Å². The van der Waals surface area contributed by atoms with Crippen LogP contribution in [-0.4, -0.2) is 23.3 Å². The first-order valence-electron chi connectivity index (χ1n) is 5.49. The molecule has 0 saturated heterocycles. The lowest BCUT2D eigenvalue weighted by Gasteiger charge is -2.11. The molecular weight excluding hydrogens is 300 g/mol. The predicted octanol–water partition coefficient (Wildman–Crippen LogP) is 3.82. The Hall–Kier alpha value is -0.950. The molecule has 0 radical (unpaired) electrons. The minimum absolute atomic E-state index is 0.420. The molecule has 0 bridgehead atoms. The summed E-state index contributed by atoms with van der Waals surface area (Å²) in [6.45, 7) is 0. The van der Waals surface area contributed by atoms with Gasteiger partial charge in [-0.25, -0.2) is 9.97 Å². The summed E-state index contributed by atoms with van der Waals surface area (Å²) in [6.07, 6.45) is 3.48. The van der Waals surface area contributed by atoms with Crippen LogP contribution in [0.3, 0.4) is 0 Å². The summed E-state index contributed by atoms with van der Waals surface area (Å²) in [6, 6.07) is 7.92. The number of aromatic nitrogens is 2. The maximum atomic E-state index is 5.86. The van der Waals surface area contributed by atoms with E-state index in [-0.39, 0.29) is 0 Å². The Morgan fingerprint density at radius 2 is 2.05 bits per heavy atom. The van der Waals surface area contributed by atoms with Gasteiger partial charge in [-0.05, 0) is 43.5 Å². The van der Waals surface area contributed by atoms with E-state index in [0.717, 1.165) is 15.5 Å². The Balaban J connectivity index is 2.29. The molecule has 1 aromatic carbocycles. The molecule has 2 rings (SSSR count). The lowest BCUT2D eigenvalue weighted by atomic mass is 10.3. The van der Waals surface area contributed by atoms with Crippen LogP contribution in [0.2, 0.25) is 5.15 Å². The average molecular weight is 313 g/mol. The van der Waals surface area contributed by atoms with Crippen molar-refractivity contribution in [2.24, 2.45) is 0 Å². The van der Waals surface area contributed by atoms with Crippen LogP contribution in [0.25, 0.3) is 0 Å². The van der Waals surface area contributed by atoms with Crippen LogP contribution in [0, 0.1) is 0 Å². The summed E-state index contributed by atoms with van der Waals surface area (Å²) in [5.74, 6) is 0.682. The topological polar surface area (TPSA) is 49.8 Å². The van der Waals surface area contributed by atoms with E-state index in [1.165, 1.54) is 6.33 Å². The number of hydrogen-bond acceptors (Lipinski definition) is 6. The number of anilines is 2. The molecule has 2 aromatic rings. The normalized spacial score (nSPS) is 10.5. The highest BCUT2D eigenvalue weighted by Gasteiger charge is 2.05. The van der Waals surface area contributed by atoms with Crippen molar-refractivity contribution in [3.05, 3.63) is 35.7 Å². The first kappa shape index (κ1) is 14.5. The molecule has 0 aliphatic rings. The molecule has 1 aromatic heterocycles. The molecule has 2 N–H and O–H groups in total. The van der Waals surface area contributed by atoms with Crippen LogP contribution in [0.5, 0.6) is 0 Å². The van der Waals surface area contributed by atoms with E-state index in [1.54, 1.807) is 29.8 Å². The molecule has 0 atom stereocenters. The van der Waals surface area contributed by atoms with Crippen molar-refractivity contribution >= 4 is 46.8 Å². The Kier molecular flexibility index (Phi) is 5.33. The summed E-state index contributed by atoms with van der Waals surface area (Å²) >= 11 is 9.10. The Labute approximate surface area is 125 Å². The van der Waals surface area contributed by atoms with Gasteiger partial charge in [0.25, 0.3) is 0 Å². The van der Waals surface area contributed by atoms with E-state index in [2.05, 4.69) is 38.2 Å². The van der Waals surface area contributed by atoms with Crippen molar-refractivity contribution in [3.8, 4) is 0 Å². The molecule has 0 aliphatic heterocycles. The Morgan fingerprint density at radius 1 is 1.21 bits per heavy atom. The summed E-state index contributed by atoms with van der Waals surface area (Å²) in [5, 5.41) is 3.69. The zero-order valence-electron chi connectivity index (χ0n) is 10.5. The van der Waals surface area contributed by atoms with E-state index in [4.69, 9.17) is 11.6 Å². The Morgan fingerprint density at radius 3 is 2.74 bits per heavy atom. The molecule has 19 heavy (non-hydrogen) atoms. The third-order valence-corrected chi connectivity index (χ3v) is 3.98. The predicted molar refractivity (Wildman–Crippen MR) is 83.5 cm³/mol. The first-order chi connectivity index (χ1) is 9.22. The number of halogens is 1. The third-order valence-electron chi connectivity index (χ3n) is 2.29. The van der Waals surface area contributed by atoms with Crippen molar-refractivity contribution in [2.75, 3.05) is 18.6 Å². The largest absolute Gasteiger partial charge is 0.339 e. The number of thioether (sulfide) groups is 1. The van der Waals surface area contributed by atoms with Gasteiger partial charge in [-0.15, -0.1) is 11.8 Å². The van der Waals surface area contributed by atoms with E-state index < -0.39 is 0 Å². The molecular formula is C12H13ClN4S2. The molecule has 0 amide bonds. The lowest BCUT2D eigenvalue weighted by molar-refractivity contribution is 1.16. The van der Waals surface area contributed by atoms with Gasteiger partial charge in [-0.2, -0.15) is 0 Å². The van der Waals surface area contributed by atoms with Gasteiger partial charge >= 0.3 is 0 Å². The quantitative estimate of drug-likeness (QED) is 0.497. The smallest absolute Gasteiger partial charge is 0.135 e. The number of nitrogens with zero attached hydrogens (tertiary/aromatic N) is 2. The molecule has 1 heterocycles. The number of nitrogens with one attached hydrogen (secondary N) is 2. The summed E-state index contributed by atoms with van der Waals surface area (Å²) in [4.78, 5) is 10.3. The standard InChI is InChI=1S/C12H13ClN4S2/c1-14-19-8-3-4-10(18-2)9(5-8)17-12-6-11(13)15-7-16-12/h3-7,14H,1-2H3,(H,15,16,17). The number of rotatable bonds is 5. The molecule has 7 heteroatoms. The van der Waals surface area contributed by atoms with Gasteiger partial charge in [0.2, 0.25) is 0 Å². The second-order valence-electron chi connectivity index (χ2n) is 3.52. The molecule has 0 saturated carbocycles. The highest BCUT2D eigenvalue weighted by molar-refractivity contribution is 7.98. The van der Waals surface area contributed by atoms with E-state index in [1.807, 2.05) is 13.3 Å². The van der Waals surface area contributed by atoms with Gasteiger partial charge in [0.05, 0.1) is 5.69 Å². The third kappa shape index (κ3) is 4.01. The molecule has 0 unspecified atom stereocenters. The minimum atomic E-state index is 0.420. The van der Waals surface area contributed by atoms with Gasteiger partial charge in [-0.3, -0.25) is 4.72 Å². The molecule has 0 fully saturated rings. The Bertz CT molecular complexity index is 565. The van der Waals surface area contributed by atoms with Crippen LogP contribution >= 0.6 is 35.3 Å². The number of benzene rings is 1. The van der Waals surface area contributed by atoms with Gasteiger partial charge in [-0.1, -0.05) is 11.6 Å².